The zero-order chi connectivity index (χ0) is 14.1. The van der Waals surface area contributed by atoms with E-state index in [2.05, 4.69) is 33.4 Å². The third-order valence-electron chi connectivity index (χ3n) is 2.79. The summed E-state index contributed by atoms with van der Waals surface area (Å²) in [5.74, 6) is 0.00599. The van der Waals surface area contributed by atoms with Gasteiger partial charge in [0.1, 0.15) is 0 Å². The zero-order valence-electron chi connectivity index (χ0n) is 11.5. The van der Waals surface area contributed by atoms with Crippen molar-refractivity contribution >= 4 is 38.9 Å². The van der Waals surface area contributed by atoms with Crippen LogP contribution < -0.4 is 5.43 Å². The van der Waals surface area contributed by atoms with E-state index in [1.807, 2.05) is 19.1 Å². The Bertz CT molecular complexity index is 429. The van der Waals surface area contributed by atoms with E-state index in [0.717, 1.165) is 27.2 Å². The Morgan fingerprint density at radius 3 is 2.68 bits per heavy atom. The van der Waals surface area contributed by atoms with Crippen LogP contribution in [-0.2, 0) is 4.79 Å². The molecule has 1 N–H and O–H groups in total. The molecule has 1 aromatic rings. The number of hydrogen-bond acceptors (Lipinski definition) is 3. The Morgan fingerprint density at radius 2 is 2.05 bits per heavy atom. The summed E-state index contributed by atoms with van der Waals surface area (Å²) in [6.07, 6.45) is 6.34. The van der Waals surface area contributed by atoms with Gasteiger partial charge in [0, 0.05) is 6.42 Å². The Balaban J connectivity index is 2.25. The molecule has 3 nitrogen and oxygen atoms in total. The van der Waals surface area contributed by atoms with Crippen LogP contribution in [0.15, 0.2) is 21.0 Å². The molecule has 0 aliphatic heterocycles. The summed E-state index contributed by atoms with van der Waals surface area (Å²) in [6.45, 7) is 4.09. The number of nitrogens with one attached hydrogen (secondary N) is 1. The second kappa shape index (κ2) is 9.26. The maximum absolute atomic E-state index is 11.6. The molecule has 1 amide bonds. The van der Waals surface area contributed by atoms with Gasteiger partial charge in [-0.05, 0) is 41.4 Å². The van der Waals surface area contributed by atoms with E-state index in [1.54, 1.807) is 11.3 Å². The predicted octanol–water partition coefficient (Wildman–Crippen LogP) is 4.71. The lowest BCUT2D eigenvalue weighted by atomic mass is 10.1. The number of unbranched alkanes of at least 4 members (excludes halogenated alkanes) is 4. The van der Waals surface area contributed by atoms with Crippen molar-refractivity contribution in [2.24, 2.45) is 5.10 Å². The highest BCUT2D eigenvalue weighted by atomic mass is 79.9. The molecule has 1 heterocycles. The van der Waals surface area contributed by atoms with E-state index in [4.69, 9.17) is 0 Å². The third kappa shape index (κ3) is 6.87. The summed E-state index contributed by atoms with van der Waals surface area (Å²) in [5, 5.41) is 4.13. The van der Waals surface area contributed by atoms with E-state index >= 15 is 0 Å². The van der Waals surface area contributed by atoms with Gasteiger partial charge in [0.15, 0.2) is 0 Å². The van der Waals surface area contributed by atoms with Crippen LogP contribution >= 0.6 is 27.3 Å². The number of hydrogen-bond donors (Lipinski definition) is 1. The minimum absolute atomic E-state index is 0.00599. The lowest BCUT2D eigenvalue weighted by Crippen LogP contribution is -2.18. The van der Waals surface area contributed by atoms with Crippen LogP contribution in [0.4, 0.5) is 0 Å². The maximum atomic E-state index is 11.6. The molecule has 19 heavy (non-hydrogen) atoms. The van der Waals surface area contributed by atoms with Crippen LogP contribution in [0.3, 0.4) is 0 Å². The Labute approximate surface area is 127 Å². The molecular weight excluding hydrogens is 324 g/mol. The molecule has 0 unspecified atom stereocenters. The van der Waals surface area contributed by atoms with Crippen molar-refractivity contribution in [2.45, 2.75) is 52.4 Å². The topological polar surface area (TPSA) is 41.5 Å². The molecule has 0 radical (unpaired) electrons. The Morgan fingerprint density at radius 1 is 1.32 bits per heavy atom. The molecule has 0 fully saturated rings. The lowest BCUT2D eigenvalue weighted by molar-refractivity contribution is -0.121. The van der Waals surface area contributed by atoms with Crippen LogP contribution in [0.5, 0.6) is 0 Å². The van der Waals surface area contributed by atoms with Crippen molar-refractivity contribution in [3.63, 3.8) is 0 Å². The lowest BCUT2D eigenvalue weighted by Gasteiger charge is -2.01. The molecule has 0 aromatic carbocycles. The number of rotatable bonds is 8. The predicted molar refractivity (Wildman–Crippen MR) is 85.7 cm³/mol. The molecule has 1 rings (SSSR count). The van der Waals surface area contributed by atoms with Crippen molar-refractivity contribution < 1.29 is 4.79 Å². The molecule has 0 atom stereocenters. The first-order valence-electron chi connectivity index (χ1n) is 6.72. The number of hydrazone groups is 1. The molecular formula is C14H21BrN2OS. The minimum Gasteiger partial charge on any atom is -0.273 e. The monoisotopic (exact) mass is 344 g/mol. The average Bonchev–Trinajstić information content (AvgIpc) is 2.82. The van der Waals surface area contributed by atoms with Crippen molar-refractivity contribution in [3.8, 4) is 0 Å². The molecule has 0 spiro atoms. The average molecular weight is 345 g/mol. The number of halogens is 1. The Kier molecular flexibility index (Phi) is 7.98. The van der Waals surface area contributed by atoms with Crippen LogP contribution in [0.25, 0.3) is 0 Å². The van der Waals surface area contributed by atoms with Gasteiger partial charge in [0.2, 0.25) is 5.91 Å². The smallest absolute Gasteiger partial charge is 0.240 e. The molecule has 0 aliphatic rings. The second-order valence-corrected chi connectivity index (χ2v) is 6.96. The largest absolute Gasteiger partial charge is 0.273 e. The van der Waals surface area contributed by atoms with Crippen LogP contribution in [0, 0.1) is 0 Å². The van der Waals surface area contributed by atoms with Gasteiger partial charge < -0.3 is 0 Å². The highest BCUT2D eigenvalue weighted by Gasteiger charge is 2.03. The summed E-state index contributed by atoms with van der Waals surface area (Å²) in [7, 11) is 0. The number of thiophene rings is 1. The van der Waals surface area contributed by atoms with E-state index in [-0.39, 0.29) is 5.91 Å². The number of nitrogens with zero attached hydrogens (tertiary/aromatic N) is 1. The highest BCUT2D eigenvalue weighted by Crippen LogP contribution is 2.22. The van der Waals surface area contributed by atoms with Gasteiger partial charge in [0.05, 0.1) is 14.4 Å². The van der Waals surface area contributed by atoms with Gasteiger partial charge in [0.25, 0.3) is 0 Å². The van der Waals surface area contributed by atoms with Gasteiger partial charge in [-0.25, -0.2) is 5.43 Å². The minimum atomic E-state index is 0.00599. The normalized spacial score (nSPS) is 11.6. The maximum Gasteiger partial charge on any atom is 0.240 e. The van der Waals surface area contributed by atoms with Crippen LogP contribution in [0.1, 0.15) is 57.2 Å². The summed E-state index contributed by atoms with van der Waals surface area (Å²) in [6, 6.07) is 3.97. The summed E-state index contributed by atoms with van der Waals surface area (Å²) in [5.41, 5.74) is 3.46. The first kappa shape index (κ1) is 16.4. The molecule has 0 saturated carbocycles. The van der Waals surface area contributed by atoms with E-state index in [1.165, 1.54) is 19.3 Å². The first-order valence-corrected chi connectivity index (χ1v) is 8.33. The van der Waals surface area contributed by atoms with E-state index in [9.17, 15) is 4.79 Å². The summed E-state index contributed by atoms with van der Waals surface area (Å²) >= 11 is 5.02. The van der Waals surface area contributed by atoms with Crippen molar-refractivity contribution in [2.75, 3.05) is 0 Å². The molecule has 1 aromatic heterocycles. The van der Waals surface area contributed by atoms with Crippen molar-refractivity contribution in [1.82, 2.24) is 5.43 Å². The number of carbonyl (C=O) groups excluding carboxylic acids is 1. The fraction of sp³-hybridized carbons (Fsp3) is 0.571. The molecule has 0 aliphatic carbocycles. The van der Waals surface area contributed by atoms with E-state index in [0.29, 0.717) is 6.42 Å². The third-order valence-corrected chi connectivity index (χ3v) is 4.52. The quantitative estimate of drug-likeness (QED) is 0.414. The van der Waals surface area contributed by atoms with Gasteiger partial charge in [-0.15, -0.1) is 11.3 Å². The second-order valence-electron chi connectivity index (χ2n) is 4.50. The Hall–Kier alpha value is -0.680. The molecule has 5 heteroatoms. The van der Waals surface area contributed by atoms with Gasteiger partial charge >= 0.3 is 0 Å². The van der Waals surface area contributed by atoms with Gasteiger partial charge in [-0.1, -0.05) is 32.6 Å². The van der Waals surface area contributed by atoms with Crippen molar-refractivity contribution in [3.05, 3.63) is 20.8 Å². The number of carbonyl (C=O) groups is 1. The first-order chi connectivity index (χ1) is 9.13. The van der Waals surface area contributed by atoms with Crippen LogP contribution in [0.2, 0.25) is 0 Å². The summed E-state index contributed by atoms with van der Waals surface area (Å²) in [4.78, 5) is 12.7. The van der Waals surface area contributed by atoms with Crippen molar-refractivity contribution in [1.29, 1.82) is 0 Å². The van der Waals surface area contributed by atoms with Crippen LogP contribution in [-0.4, -0.2) is 11.6 Å². The van der Waals surface area contributed by atoms with Gasteiger partial charge in [-0.3, -0.25) is 4.79 Å². The molecule has 0 bridgehead atoms. The van der Waals surface area contributed by atoms with E-state index < -0.39 is 0 Å². The van der Waals surface area contributed by atoms with Gasteiger partial charge in [-0.2, -0.15) is 5.10 Å². The molecule has 0 saturated heterocycles. The molecule has 106 valence electrons. The number of amides is 1. The fourth-order valence-corrected chi connectivity index (χ4v) is 2.99. The standard InChI is InChI=1S/C14H21BrN2OS/c1-3-4-5-6-7-8-14(18)17-16-11(2)12-9-10-13(15)19-12/h9-10H,3-8H2,1-2H3,(H,17,18)/b16-11-. The summed E-state index contributed by atoms with van der Waals surface area (Å²) < 4.78 is 1.07. The zero-order valence-corrected chi connectivity index (χ0v) is 13.9. The highest BCUT2D eigenvalue weighted by molar-refractivity contribution is 9.11. The fourth-order valence-electron chi connectivity index (χ4n) is 1.66. The SMILES string of the molecule is CCCCCCCC(=O)N/N=C(/C)c1ccc(Br)s1.